The van der Waals surface area contributed by atoms with Gasteiger partial charge in [0.25, 0.3) is 5.91 Å². The van der Waals surface area contributed by atoms with Crippen molar-refractivity contribution in [3.05, 3.63) is 83.4 Å². The van der Waals surface area contributed by atoms with Gasteiger partial charge in [0.05, 0.1) is 0 Å². The fraction of sp³-hybridized carbons (Fsp3) is 0. The zero-order valence-corrected chi connectivity index (χ0v) is 10.3. The third-order valence-electron chi connectivity index (χ3n) is 3.02. The highest BCUT2D eigenvalue weighted by molar-refractivity contribution is 6.10. The summed E-state index contributed by atoms with van der Waals surface area (Å²) in [5, 5.41) is 2.89. The van der Waals surface area contributed by atoms with Crippen LogP contribution in [0.25, 0.3) is 11.8 Å². The van der Waals surface area contributed by atoms with Gasteiger partial charge in [-0.25, -0.2) is 0 Å². The predicted molar refractivity (Wildman–Crippen MR) is 77.0 cm³/mol. The molecule has 0 radical (unpaired) electrons. The van der Waals surface area contributed by atoms with E-state index in [0.717, 1.165) is 16.8 Å². The molecular weight excluding hydrogens is 234 g/mol. The van der Waals surface area contributed by atoms with Crippen LogP contribution in [0.2, 0.25) is 0 Å². The van der Waals surface area contributed by atoms with E-state index in [4.69, 9.17) is 0 Å². The van der Waals surface area contributed by atoms with Gasteiger partial charge in [0.15, 0.2) is 0 Å². The van der Waals surface area contributed by atoms with E-state index in [1.54, 1.807) is 0 Å². The van der Waals surface area contributed by atoms with Gasteiger partial charge in [0, 0.05) is 11.3 Å². The van der Waals surface area contributed by atoms with E-state index >= 15 is 0 Å². The molecule has 1 N–H and O–H groups in total. The first-order chi connectivity index (χ1) is 9.33. The highest BCUT2D eigenvalue weighted by atomic mass is 16.1. The fourth-order valence-corrected chi connectivity index (χ4v) is 2.06. The molecule has 1 aliphatic heterocycles. The van der Waals surface area contributed by atoms with Crippen molar-refractivity contribution < 1.29 is 4.79 Å². The first-order valence-corrected chi connectivity index (χ1v) is 6.18. The molecule has 3 rings (SSSR count). The molecule has 0 bridgehead atoms. The number of amides is 1. The quantitative estimate of drug-likeness (QED) is 0.811. The lowest BCUT2D eigenvalue weighted by Crippen LogP contribution is -2.15. The van der Waals surface area contributed by atoms with Gasteiger partial charge < -0.3 is 5.32 Å². The van der Waals surface area contributed by atoms with Gasteiger partial charge >= 0.3 is 0 Å². The minimum Gasteiger partial charge on any atom is -0.321 e. The molecule has 2 nitrogen and oxygen atoms in total. The largest absolute Gasteiger partial charge is 0.321 e. The average Bonchev–Trinajstić information content (AvgIpc) is 2.82. The number of carbonyl (C=O) groups excluding carboxylic acids is 1. The molecule has 2 aromatic rings. The fourth-order valence-electron chi connectivity index (χ4n) is 2.06. The average molecular weight is 247 g/mol. The Kier molecular flexibility index (Phi) is 2.99. The lowest BCUT2D eigenvalue weighted by molar-refractivity contribution is -0.115. The monoisotopic (exact) mass is 247 g/mol. The summed E-state index contributed by atoms with van der Waals surface area (Å²) in [7, 11) is 0. The summed E-state index contributed by atoms with van der Waals surface area (Å²) in [5.74, 6) is -0.0530. The summed E-state index contributed by atoms with van der Waals surface area (Å²) in [5.41, 5.74) is 3.59. The molecule has 0 spiro atoms. The van der Waals surface area contributed by atoms with Crippen molar-refractivity contribution in [2.45, 2.75) is 0 Å². The molecule has 92 valence electrons. The normalized spacial score (nSPS) is 16.3. The van der Waals surface area contributed by atoms with Gasteiger partial charge in [-0.3, -0.25) is 4.79 Å². The van der Waals surface area contributed by atoms with Crippen molar-refractivity contribution in [2.24, 2.45) is 0 Å². The highest BCUT2D eigenvalue weighted by Gasteiger charge is 2.18. The van der Waals surface area contributed by atoms with Crippen LogP contribution in [0.4, 0.5) is 0 Å². The lowest BCUT2D eigenvalue weighted by Gasteiger charge is -2.00. The molecular formula is C17H13NO. The van der Waals surface area contributed by atoms with E-state index < -0.39 is 0 Å². The lowest BCUT2D eigenvalue weighted by atomic mass is 10.1. The summed E-state index contributed by atoms with van der Waals surface area (Å²) >= 11 is 0. The number of benzene rings is 2. The molecule has 0 saturated carbocycles. The van der Waals surface area contributed by atoms with Crippen molar-refractivity contribution >= 4 is 17.7 Å². The van der Waals surface area contributed by atoms with Crippen LogP contribution in [0.15, 0.2) is 72.3 Å². The molecule has 1 aliphatic rings. The van der Waals surface area contributed by atoms with Crippen LogP contribution in [0.3, 0.4) is 0 Å². The van der Waals surface area contributed by atoms with Gasteiger partial charge in [-0.2, -0.15) is 0 Å². The Balaban J connectivity index is 1.94. The van der Waals surface area contributed by atoms with Gasteiger partial charge in [-0.05, 0) is 23.3 Å². The van der Waals surface area contributed by atoms with Gasteiger partial charge in [0.2, 0.25) is 0 Å². The molecule has 0 saturated heterocycles. The summed E-state index contributed by atoms with van der Waals surface area (Å²) < 4.78 is 0. The number of carbonyl (C=O) groups is 1. The molecule has 0 fully saturated rings. The SMILES string of the molecule is O=C1NC(c2ccccc2)=C/C1=C/c1ccccc1. The Morgan fingerprint density at radius 3 is 2.16 bits per heavy atom. The molecule has 1 heterocycles. The maximum atomic E-state index is 11.9. The number of nitrogens with one attached hydrogen (secondary N) is 1. The van der Waals surface area contributed by atoms with Crippen LogP contribution in [-0.4, -0.2) is 5.91 Å². The van der Waals surface area contributed by atoms with Gasteiger partial charge in [-0.1, -0.05) is 60.7 Å². The van der Waals surface area contributed by atoms with Crippen LogP contribution in [0.5, 0.6) is 0 Å². The second-order valence-corrected chi connectivity index (χ2v) is 4.39. The smallest absolute Gasteiger partial charge is 0.255 e. The Labute approximate surface area is 112 Å². The molecule has 1 amide bonds. The second kappa shape index (κ2) is 4.94. The van der Waals surface area contributed by atoms with E-state index in [0.29, 0.717) is 5.57 Å². The zero-order valence-electron chi connectivity index (χ0n) is 10.3. The van der Waals surface area contributed by atoms with Crippen molar-refractivity contribution in [1.29, 1.82) is 0 Å². The summed E-state index contributed by atoms with van der Waals surface area (Å²) in [6.07, 6.45) is 3.79. The van der Waals surface area contributed by atoms with E-state index in [2.05, 4.69) is 5.32 Å². The van der Waals surface area contributed by atoms with Crippen LogP contribution >= 0.6 is 0 Å². The number of hydrogen-bond acceptors (Lipinski definition) is 1. The molecule has 0 aromatic heterocycles. The molecule has 0 aliphatic carbocycles. The van der Waals surface area contributed by atoms with E-state index in [9.17, 15) is 4.79 Å². The van der Waals surface area contributed by atoms with Gasteiger partial charge in [-0.15, -0.1) is 0 Å². The van der Waals surface area contributed by atoms with E-state index in [-0.39, 0.29) is 5.91 Å². The standard InChI is InChI=1S/C17H13NO/c19-17-15(11-13-7-3-1-4-8-13)12-16(18-17)14-9-5-2-6-10-14/h1-12H,(H,18,19)/b15-11-. The first-order valence-electron chi connectivity index (χ1n) is 6.18. The minimum atomic E-state index is -0.0530. The Morgan fingerprint density at radius 1 is 0.842 bits per heavy atom. The van der Waals surface area contributed by atoms with Crippen molar-refractivity contribution in [2.75, 3.05) is 0 Å². The highest BCUT2D eigenvalue weighted by Crippen LogP contribution is 2.21. The van der Waals surface area contributed by atoms with Crippen LogP contribution in [0.1, 0.15) is 11.1 Å². The van der Waals surface area contributed by atoms with Crippen molar-refractivity contribution in [3.8, 4) is 0 Å². The van der Waals surface area contributed by atoms with Gasteiger partial charge in [0.1, 0.15) is 0 Å². The molecule has 0 atom stereocenters. The number of rotatable bonds is 2. The molecule has 19 heavy (non-hydrogen) atoms. The summed E-state index contributed by atoms with van der Waals surface area (Å²) in [6, 6.07) is 19.7. The number of hydrogen-bond donors (Lipinski definition) is 1. The topological polar surface area (TPSA) is 29.1 Å². The molecule has 0 unspecified atom stereocenters. The maximum absolute atomic E-state index is 11.9. The van der Waals surface area contributed by atoms with Crippen LogP contribution < -0.4 is 5.32 Å². The van der Waals surface area contributed by atoms with E-state index in [1.165, 1.54) is 0 Å². The van der Waals surface area contributed by atoms with Crippen LogP contribution in [0, 0.1) is 0 Å². The maximum Gasteiger partial charge on any atom is 0.255 e. The van der Waals surface area contributed by atoms with Crippen molar-refractivity contribution in [3.63, 3.8) is 0 Å². The predicted octanol–water partition coefficient (Wildman–Crippen LogP) is 3.24. The zero-order chi connectivity index (χ0) is 13.1. The Hall–Kier alpha value is -2.61. The van der Waals surface area contributed by atoms with Crippen molar-refractivity contribution in [1.82, 2.24) is 5.32 Å². The second-order valence-electron chi connectivity index (χ2n) is 4.39. The minimum absolute atomic E-state index is 0.0530. The van der Waals surface area contributed by atoms with E-state index in [1.807, 2.05) is 72.8 Å². The summed E-state index contributed by atoms with van der Waals surface area (Å²) in [4.78, 5) is 11.9. The molecule has 2 heteroatoms. The Bertz CT molecular complexity index is 654. The third kappa shape index (κ3) is 2.47. The first kappa shape index (κ1) is 11.5. The third-order valence-corrected chi connectivity index (χ3v) is 3.02. The molecule has 2 aromatic carbocycles. The summed E-state index contributed by atoms with van der Waals surface area (Å²) in [6.45, 7) is 0. The Morgan fingerprint density at radius 2 is 1.47 bits per heavy atom. The van der Waals surface area contributed by atoms with Crippen LogP contribution in [-0.2, 0) is 4.79 Å².